The van der Waals surface area contributed by atoms with E-state index in [9.17, 15) is 4.79 Å². The van der Waals surface area contributed by atoms with Crippen molar-refractivity contribution in [1.29, 1.82) is 0 Å². The lowest BCUT2D eigenvalue weighted by Gasteiger charge is -2.35. The quantitative estimate of drug-likeness (QED) is 0.894. The summed E-state index contributed by atoms with van der Waals surface area (Å²) in [5.41, 5.74) is 6.27. The number of hydrogen-bond acceptors (Lipinski definition) is 3. The molecule has 4 heteroatoms. The number of benzene rings is 1. The smallest absolute Gasteiger partial charge is 0.244 e. The molecule has 1 saturated carbocycles. The Balaban J connectivity index is 2.12. The molecule has 0 spiro atoms. The van der Waals surface area contributed by atoms with E-state index in [1.165, 1.54) is 0 Å². The average molecular weight is 290 g/mol. The molecule has 1 aliphatic carbocycles. The summed E-state index contributed by atoms with van der Waals surface area (Å²) < 4.78 is 5.73. The number of carbonyl (C=O) groups is 1. The van der Waals surface area contributed by atoms with Gasteiger partial charge in [-0.2, -0.15) is 0 Å². The minimum atomic E-state index is -0.761. The molecule has 4 nitrogen and oxygen atoms in total. The highest BCUT2D eigenvalue weighted by molar-refractivity contribution is 5.99. The third-order valence-corrected chi connectivity index (χ3v) is 3.98. The first-order chi connectivity index (χ1) is 9.90. The predicted molar refractivity (Wildman–Crippen MR) is 85.4 cm³/mol. The molecule has 0 saturated heterocycles. The molecule has 0 aliphatic heterocycles. The number of nitrogens with one attached hydrogen (secondary N) is 1. The summed E-state index contributed by atoms with van der Waals surface area (Å²) in [6.07, 6.45) is 3.71. The van der Waals surface area contributed by atoms with Crippen molar-refractivity contribution >= 4 is 11.6 Å². The van der Waals surface area contributed by atoms with Crippen LogP contribution in [-0.4, -0.2) is 17.6 Å². The molecule has 0 bridgehead atoms. The van der Waals surface area contributed by atoms with Gasteiger partial charge in [-0.05, 0) is 44.7 Å². The normalized spacial score (nSPS) is 25.7. The van der Waals surface area contributed by atoms with Crippen molar-refractivity contribution in [3.8, 4) is 5.75 Å². The fraction of sp³-hybridized carbons (Fsp3) is 0.588. The summed E-state index contributed by atoms with van der Waals surface area (Å²) in [6.45, 7) is 6.08. The van der Waals surface area contributed by atoms with Crippen LogP contribution in [0.5, 0.6) is 5.75 Å². The van der Waals surface area contributed by atoms with Gasteiger partial charge >= 0.3 is 0 Å². The van der Waals surface area contributed by atoms with Crippen LogP contribution in [0, 0.1) is 5.92 Å². The third kappa shape index (κ3) is 3.97. The second kappa shape index (κ2) is 6.48. The zero-order valence-electron chi connectivity index (χ0n) is 13.2. The molecule has 1 amide bonds. The van der Waals surface area contributed by atoms with Crippen molar-refractivity contribution in [3.63, 3.8) is 0 Å². The lowest BCUT2D eigenvalue weighted by atomic mass is 9.76. The minimum Gasteiger partial charge on any atom is -0.489 e. The highest BCUT2D eigenvalue weighted by Gasteiger charge is 2.38. The third-order valence-electron chi connectivity index (χ3n) is 3.98. The summed E-state index contributed by atoms with van der Waals surface area (Å²) in [5, 5.41) is 2.96. The van der Waals surface area contributed by atoms with Crippen LogP contribution in [-0.2, 0) is 4.79 Å². The molecule has 21 heavy (non-hydrogen) atoms. The lowest BCUT2D eigenvalue weighted by Crippen LogP contribution is -2.53. The number of para-hydroxylation sites is 2. The van der Waals surface area contributed by atoms with Gasteiger partial charge in [0.1, 0.15) is 5.75 Å². The molecule has 1 aromatic rings. The molecule has 3 N–H and O–H groups in total. The first-order valence-electron chi connectivity index (χ1n) is 7.77. The van der Waals surface area contributed by atoms with Gasteiger partial charge in [-0.1, -0.05) is 31.9 Å². The largest absolute Gasteiger partial charge is 0.489 e. The van der Waals surface area contributed by atoms with Crippen LogP contribution in [0.1, 0.15) is 46.5 Å². The molecule has 0 heterocycles. The van der Waals surface area contributed by atoms with Crippen LogP contribution in [0.3, 0.4) is 0 Å². The second-order valence-electron chi connectivity index (χ2n) is 6.47. The Morgan fingerprint density at radius 3 is 2.81 bits per heavy atom. The van der Waals surface area contributed by atoms with E-state index in [-0.39, 0.29) is 12.0 Å². The number of carbonyl (C=O) groups excluding carboxylic acids is 1. The molecule has 1 aliphatic rings. The van der Waals surface area contributed by atoms with Crippen molar-refractivity contribution in [2.24, 2.45) is 11.7 Å². The number of anilines is 1. The van der Waals surface area contributed by atoms with E-state index >= 15 is 0 Å². The Hall–Kier alpha value is -1.55. The van der Waals surface area contributed by atoms with Crippen molar-refractivity contribution in [2.75, 3.05) is 5.32 Å². The molecule has 2 unspecified atom stereocenters. The van der Waals surface area contributed by atoms with Crippen molar-refractivity contribution in [2.45, 2.75) is 58.1 Å². The van der Waals surface area contributed by atoms with Gasteiger partial charge in [0.25, 0.3) is 0 Å². The van der Waals surface area contributed by atoms with E-state index in [1.54, 1.807) is 0 Å². The van der Waals surface area contributed by atoms with E-state index in [0.717, 1.165) is 25.7 Å². The van der Waals surface area contributed by atoms with Gasteiger partial charge < -0.3 is 15.8 Å². The Labute approximate surface area is 127 Å². The van der Waals surface area contributed by atoms with Gasteiger partial charge in [0, 0.05) is 0 Å². The zero-order chi connectivity index (χ0) is 15.5. The molecule has 2 rings (SSSR count). The van der Waals surface area contributed by atoms with Crippen molar-refractivity contribution in [3.05, 3.63) is 24.3 Å². The monoisotopic (exact) mass is 290 g/mol. The maximum absolute atomic E-state index is 12.6. The Morgan fingerprint density at radius 2 is 2.14 bits per heavy atom. The molecule has 1 fully saturated rings. The summed E-state index contributed by atoms with van der Waals surface area (Å²) >= 11 is 0. The van der Waals surface area contributed by atoms with E-state index in [0.29, 0.717) is 17.4 Å². The minimum absolute atomic E-state index is 0.0598. The number of rotatable bonds is 4. The summed E-state index contributed by atoms with van der Waals surface area (Å²) in [4.78, 5) is 12.6. The summed E-state index contributed by atoms with van der Waals surface area (Å²) in [7, 11) is 0. The second-order valence-corrected chi connectivity index (χ2v) is 6.47. The van der Waals surface area contributed by atoms with E-state index in [1.807, 2.05) is 38.1 Å². The summed E-state index contributed by atoms with van der Waals surface area (Å²) in [6, 6.07) is 7.50. The van der Waals surface area contributed by atoms with E-state index < -0.39 is 5.54 Å². The number of amides is 1. The van der Waals surface area contributed by atoms with Gasteiger partial charge in [0.05, 0.1) is 17.3 Å². The highest BCUT2D eigenvalue weighted by atomic mass is 16.5. The number of ether oxygens (including phenoxy) is 1. The SMILES string of the molecule is CC1CCCC(N)(C(=O)Nc2ccccc2OC(C)C)C1. The van der Waals surface area contributed by atoms with Crippen LogP contribution in [0.4, 0.5) is 5.69 Å². The molecule has 1 aromatic carbocycles. The topological polar surface area (TPSA) is 64.4 Å². The van der Waals surface area contributed by atoms with Crippen LogP contribution >= 0.6 is 0 Å². The molecule has 116 valence electrons. The lowest BCUT2D eigenvalue weighted by molar-refractivity contribution is -0.122. The molecular weight excluding hydrogens is 264 g/mol. The Morgan fingerprint density at radius 1 is 1.43 bits per heavy atom. The maximum Gasteiger partial charge on any atom is 0.244 e. The van der Waals surface area contributed by atoms with E-state index in [2.05, 4.69) is 12.2 Å². The highest BCUT2D eigenvalue weighted by Crippen LogP contribution is 2.32. The molecular formula is C17H26N2O2. The van der Waals surface area contributed by atoms with Crippen molar-refractivity contribution in [1.82, 2.24) is 0 Å². The van der Waals surface area contributed by atoms with Gasteiger partial charge in [0.15, 0.2) is 0 Å². The van der Waals surface area contributed by atoms with E-state index in [4.69, 9.17) is 10.5 Å². The van der Waals surface area contributed by atoms with Crippen molar-refractivity contribution < 1.29 is 9.53 Å². The van der Waals surface area contributed by atoms with Crippen LogP contribution in [0.25, 0.3) is 0 Å². The molecule has 0 aromatic heterocycles. The Bertz CT molecular complexity index is 501. The molecule has 0 radical (unpaired) electrons. The van der Waals surface area contributed by atoms with Gasteiger partial charge in [-0.3, -0.25) is 4.79 Å². The van der Waals surface area contributed by atoms with Crippen LogP contribution in [0.15, 0.2) is 24.3 Å². The fourth-order valence-electron chi connectivity index (χ4n) is 2.97. The zero-order valence-corrected chi connectivity index (χ0v) is 13.2. The first kappa shape index (κ1) is 15.8. The molecule has 2 atom stereocenters. The van der Waals surface area contributed by atoms with Gasteiger partial charge in [0.2, 0.25) is 5.91 Å². The fourth-order valence-corrected chi connectivity index (χ4v) is 2.97. The summed E-state index contributed by atoms with van der Waals surface area (Å²) in [5.74, 6) is 1.08. The number of hydrogen-bond donors (Lipinski definition) is 2. The van der Waals surface area contributed by atoms with Crippen LogP contribution in [0.2, 0.25) is 0 Å². The average Bonchev–Trinajstić information content (AvgIpc) is 2.40. The first-order valence-corrected chi connectivity index (χ1v) is 7.77. The number of nitrogens with two attached hydrogens (primary N) is 1. The van der Waals surface area contributed by atoms with Gasteiger partial charge in [-0.15, -0.1) is 0 Å². The Kier molecular flexibility index (Phi) is 4.88. The maximum atomic E-state index is 12.6. The van der Waals surface area contributed by atoms with Crippen LogP contribution < -0.4 is 15.8 Å². The standard InChI is InChI=1S/C17H26N2O2/c1-12(2)21-15-9-5-4-8-14(15)19-16(20)17(18)10-6-7-13(3)11-17/h4-5,8-9,12-13H,6-7,10-11,18H2,1-3H3,(H,19,20). The van der Waals surface area contributed by atoms with Gasteiger partial charge in [-0.25, -0.2) is 0 Å². The predicted octanol–water partition coefficient (Wildman–Crippen LogP) is 3.32.